The van der Waals surface area contributed by atoms with E-state index in [9.17, 15) is 14.4 Å². The number of hydrogen-bond acceptors (Lipinski definition) is 3. The van der Waals surface area contributed by atoms with Crippen LogP contribution in [0.4, 0.5) is 16.2 Å². The highest BCUT2D eigenvalue weighted by Crippen LogP contribution is 2.22. The summed E-state index contributed by atoms with van der Waals surface area (Å²) >= 11 is 0. The van der Waals surface area contributed by atoms with Gasteiger partial charge in [0.05, 0.1) is 17.2 Å². The van der Waals surface area contributed by atoms with Crippen LogP contribution in [0.5, 0.6) is 0 Å². The number of nitrogens with one attached hydrogen (secondary N) is 3. The smallest absolute Gasteiger partial charge is 0.321 e. The van der Waals surface area contributed by atoms with Gasteiger partial charge in [0.2, 0.25) is 5.91 Å². The van der Waals surface area contributed by atoms with Gasteiger partial charge in [0, 0.05) is 25.3 Å². The maximum absolute atomic E-state index is 13.1. The van der Waals surface area contributed by atoms with Crippen LogP contribution in [0.3, 0.4) is 0 Å². The minimum absolute atomic E-state index is 0.187. The fraction of sp³-hybridized carbons (Fsp3) is 0.276. The van der Waals surface area contributed by atoms with Crippen LogP contribution >= 0.6 is 0 Å². The summed E-state index contributed by atoms with van der Waals surface area (Å²) in [7, 11) is 0. The Morgan fingerprint density at radius 2 is 1.69 bits per heavy atom. The highest BCUT2D eigenvalue weighted by molar-refractivity contribution is 6.04. The Bertz CT molecular complexity index is 1210. The zero-order valence-electron chi connectivity index (χ0n) is 20.5. The molecule has 36 heavy (non-hydrogen) atoms. The van der Waals surface area contributed by atoms with Crippen molar-refractivity contribution in [3.63, 3.8) is 0 Å². The average molecular weight is 485 g/mol. The number of carbonyl (C=O) groups is 3. The van der Waals surface area contributed by atoms with Gasteiger partial charge in [-0.1, -0.05) is 54.6 Å². The van der Waals surface area contributed by atoms with Crippen molar-refractivity contribution in [3.8, 4) is 0 Å². The average Bonchev–Trinajstić information content (AvgIpc) is 2.89. The molecule has 0 spiro atoms. The number of rotatable bonds is 7. The third-order valence-electron chi connectivity index (χ3n) is 6.32. The summed E-state index contributed by atoms with van der Waals surface area (Å²) in [6.07, 6.45) is 2.15. The Labute approximate surface area is 211 Å². The number of nitrogens with zero attached hydrogens (tertiary/aromatic N) is 1. The first-order valence-corrected chi connectivity index (χ1v) is 12.3. The highest BCUT2D eigenvalue weighted by atomic mass is 16.2. The van der Waals surface area contributed by atoms with Crippen LogP contribution in [-0.2, 0) is 11.2 Å². The zero-order valence-corrected chi connectivity index (χ0v) is 20.5. The van der Waals surface area contributed by atoms with E-state index in [2.05, 4.69) is 16.0 Å². The predicted octanol–water partition coefficient (Wildman–Crippen LogP) is 4.85. The molecule has 1 aliphatic rings. The number of carbonyl (C=O) groups excluding carboxylic acids is 3. The van der Waals surface area contributed by atoms with Crippen LogP contribution < -0.4 is 16.0 Å². The van der Waals surface area contributed by atoms with Crippen molar-refractivity contribution in [2.24, 2.45) is 5.92 Å². The second-order valence-corrected chi connectivity index (χ2v) is 9.11. The number of piperidine rings is 1. The Balaban J connectivity index is 1.33. The van der Waals surface area contributed by atoms with Gasteiger partial charge in [-0.25, -0.2) is 4.79 Å². The monoisotopic (exact) mass is 484 g/mol. The molecule has 1 aliphatic heterocycles. The zero-order chi connectivity index (χ0) is 25.3. The van der Waals surface area contributed by atoms with E-state index < -0.39 is 0 Å². The summed E-state index contributed by atoms with van der Waals surface area (Å²) in [5.41, 5.74) is 3.84. The van der Waals surface area contributed by atoms with E-state index in [4.69, 9.17) is 0 Å². The fourth-order valence-corrected chi connectivity index (χ4v) is 4.39. The minimum Gasteiger partial charge on any atom is -0.352 e. The molecule has 1 unspecified atom stereocenters. The number of likely N-dealkylation sites (tertiary alicyclic amines) is 1. The van der Waals surface area contributed by atoms with E-state index in [0.29, 0.717) is 37.3 Å². The third-order valence-corrected chi connectivity index (χ3v) is 6.32. The molecule has 1 fully saturated rings. The molecule has 4 rings (SSSR count). The summed E-state index contributed by atoms with van der Waals surface area (Å²) in [5, 5.41) is 8.79. The standard InChI is InChI=1S/C29H32N4O3/c1-21-9-7-13-24(19-21)31-29(36)33-18-8-12-23(20-33)27(34)32-26-15-6-5-14-25(26)28(35)30-17-16-22-10-3-2-4-11-22/h2-7,9-11,13-15,19,23H,8,12,16-18,20H2,1H3,(H,30,35)(H,31,36)(H,32,34). The summed E-state index contributed by atoms with van der Waals surface area (Å²) in [5.74, 6) is -0.770. The first kappa shape index (κ1) is 25.0. The van der Waals surface area contributed by atoms with Crippen LogP contribution in [0, 0.1) is 12.8 Å². The molecule has 3 aromatic carbocycles. The number of anilines is 2. The minimum atomic E-state index is -0.351. The molecular formula is C29H32N4O3. The van der Waals surface area contributed by atoms with Gasteiger partial charge in [0.1, 0.15) is 0 Å². The molecule has 1 heterocycles. The second-order valence-electron chi connectivity index (χ2n) is 9.11. The topological polar surface area (TPSA) is 90.5 Å². The van der Waals surface area contributed by atoms with Gasteiger partial charge in [-0.05, 0) is 61.6 Å². The molecule has 7 heteroatoms. The summed E-state index contributed by atoms with van der Waals surface area (Å²) in [4.78, 5) is 40.4. The molecule has 3 aromatic rings. The number of urea groups is 1. The first-order chi connectivity index (χ1) is 17.5. The largest absolute Gasteiger partial charge is 0.352 e. The van der Waals surface area contributed by atoms with Crippen molar-refractivity contribution in [2.75, 3.05) is 30.3 Å². The van der Waals surface area contributed by atoms with E-state index in [1.54, 1.807) is 29.2 Å². The van der Waals surface area contributed by atoms with Crippen molar-refractivity contribution in [2.45, 2.75) is 26.2 Å². The molecule has 0 saturated carbocycles. The predicted molar refractivity (Wildman–Crippen MR) is 142 cm³/mol. The van der Waals surface area contributed by atoms with Crippen LogP contribution in [0.1, 0.15) is 34.3 Å². The van der Waals surface area contributed by atoms with Crippen molar-refractivity contribution in [1.82, 2.24) is 10.2 Å². The van der Waals surface area contributed by atoms with Gasteiger partial charge >= 0.3 is 6.03 Å². The number of benzene rings is 3. The number of aryl methyl sites for hydroxylation is 1. The van der Waals surface area contributed by atoms with Crippen LogP contribution in [0.2, 0.25) is 0 Å². The molecule has 1 atom stereocenters. The van der Waals surface area contributed by atoms with Gasteiger partial charge in [-0.2, -0.15) is 0 Å². The Kier molecular flexibility index (Phi) is 8.34. The Morgan fingerprint density at radius 1 is 0.917 bits per heavy atom. The molecular weight excluding hydrogens is 452 g/mol. The maximum atomic E-state index is 13.1. The molecule has 1 saturated heterocycles. The second kappa shape index (κ2) is 12.0. The van der Waals surface area contributed by atoms with E-state index >= 15 is 0 Å². The normalized spacial score (nSPS) is 15.1. The quantitative estimate of drug-likeness (QED) is 0.448. The van der Waals surface area contributed by atoms with Crippen molar-refractivity contribution in [3.05, 3.63) is 95.6 Å². The molecule has 0 bridgehead atoms. The number of para-hydroxylation sites is 1. The van der Waals surface area contributed by atoms with Gasteiger partial charge in [0.25, 0.3) is 5.91 Å². The molecule has 0 aliphatic carbocycles. The van der Waals surface area contributed by atoms with E-state index in [1.807, 2.05) is 61.5 Å². The van der Waals surface area contributed by atoms with Crippen LogP contribution in [-0.4, -0.2) is 42.4 Å². The van der Waals surface area contributed by atoms with Crippen LogP contribution in [0.25, 0.3) is 0 Å². The summed E-state index contributed by atoms with van der Waals surface area (Å²) in [6, 6.07) is 24.4. The Morgan fingerprint density at radius 3 is 2.50 bits per heavy atom. The lowest BCUT2D eigenvalue weighted by atomic mass is 9.97. The molecule has 3 N–H and O–H groups in total. The SMILES string of the molecule is Cc1cccc(NC(=O)N2CCCC(C(=O)Nc3ccccc3C(=O)NCCc3ccccc3)C2)c1. The molecule has 4 amide bonds. The Hall–Kier alpha value is -4.13. The number of amides is 4. The van der Waals surface area contributed by atoms with Crippen molar-refractivity contribution >= 4 is 29.2 Å². The van der Waals surface area contributed by atoms with Gasteiger partial charge in [-0.3, -0.25) is 9.59 Å². The lowest BCUT2D eigenvalue weighted by molar-refractivity contribution is -0.121. The maximum Gasteiger partial charge on any atom is 0.321 e. The number of hydrogen-bond donors (Lipinski definition) is 3. The third kappa shape index (κ3) is 6.72. The van der Waals surface area contributed by atoms with Gasteiger partial charge < -0.3 is 20.9 Å². The lowest BCUT2D eigenvalue weighted by Crippen LogP contribution is -2.45. The van der Waals surface area contributed by atoms with E-state index in [-0.39, 0.29) is 23.8 Å². The van der Waals surface area contributed by atoms with Gasteiger partial charge in [0.15, 0.2) is 0 Å². The van der Waals surface area contributed by atoms with Gasteiger partial charge in [-0.15, -0.1) is 0 Å². The lowest BCUT2D eigenvalue weighted by Gasteiger charge is -2.32. The molecule has 186 valence electrons. The van der Waals surface area contributed by atoms with E-state index in [0.717, 1.165) is 29.7 Å². The van der Waals surface area contributed by atoms with E-state index in [1.165, 1.54) is 0 Å². The molecule has 0 aromatic heterocycles. The fourth-order valence-electron chi connectivity index (χ4n) is 4.39. The van der Waals surface area contributed by atoms with Crippen molar-refractivity contribution in [1.29, 1.82) is 0 Å². The first-order valence-electron chi connectivity index (χ1n) is 12.3. The summed E-state index contributed by atoms with van der Waals surface area (Å²) in [6.45, 7) is 3.40. The van der Waals surface area contributed by atoms with Crippen LogP contribution in [0.15, 0.2) is 78.9 Å². The van der Waals surface area contributed by atoms with Crippen molar-refractivity contribution < 1.29 is 14.4 Å². The highest BCUT2D eigenvalue weighted by Gasteiger charge is 2.29. The summed E-state index contributed by atoms with van der Waals surface area (Å²) < 4.78 is 0. The molecule has 0 radical (unpaired) electrons. The molecule has 7 nitrogen and oxygen atoms in total.